The Morgan fingerprint density at radius 2 is 1.91 bits per heavy atom. The molecule has 23 heavy (non-hydrogen) atoms. The van der Waals surface area contributed by atoms with E-state index in [1.165, 1.54) is 5.56 Å². The Hall–Kier alpha value is -1.75. The molecule has 0 aliphatic carbocycles. The van der Waals surface area contributed by atoms with Gasteiger partial charge in [0, 0.05) is 25.2 Å². The standard InChI is InChI=1S/C18H32N4O/c1-7-19-18(20-12-14(2)3)21-13-16(22(4)5)15-10-8-9-11-17(15)23-6/h8-11,14,16H,7,12-13H2,1-6H3,(H2,19,20,21). The third-order valence-corrected chi connectivity index (χ3v) is 3.54. The molecule has 0 aliphatic rings. The summed E-state index contributed by atoms with van der Waals surface area (Å²) in [4.78, 5) is 6.82. The second kappa shape index (κ2) is 10.1. The number of aliphatic imine (C=N–C) groups is 1. The van der Waals surface area contributed by atoms with Crippen LogP contribution in [0.15, 0.2) is 29.3 Å². The van der Waals surface area contributed by atoms with Gasteiger partial charge in [-0.25, -0.2) is 0 Å². The Balaban J connectivity index is 2.84. The maximum Gasteiger partial charge on any atom is 0.191 e. The van der Waals surface area contributed by atoms with E-state index in [4.69, 9.17) is 4.74 Å². The van der Waals surface area contributed by atoms with Crippen molar-refractivity contribution in [3.8, 4) is 5.75 Å². The quantitative estimate of drug-likeness (QED) is 0.571. The third kappa shape index (κ3) is 6.48. The van der Waals surface area contributed by atoms with E-state index < -0.39 is 0 Å². The van der Waals surface area contributed by atoms with Crippen molar-refractivity contribution in [1.82, 2.24) is 15.5 Å². The van der Waals surface area contributed by atoms with Gasteiger partial charge in [0.15, 0.2) is 5.96 Å². The summed E-state index contributed by atoms with van der Waals surface area (Å²) in [6.07, 6.45) is 0. The molecule has 1 aromatic rings. The van der Waals surface area contributed by atoms with E-state index in [1.807, 2.05) is 18.2 Å². The van der Waals surface area contributed by atoms with Crippen molar-refractivity contribution in [2.75, 3.05) is 40.8 Å². The monoisotopic (exact) mass is 320 g/mol. The lowest BCUT2D eigenvalue weighted by Gasteiger charge is -2.27. The SMILES string of the molecule is CCNC(=NCC(C)C)NCC(c1ccccc1OC)N(C)C. The second-order valence-electron chi connectivity index (χ2n) is 6.22. The van der Waals surface area contributed by atoms with Gasteiger partial charge in [0.2, 0.25) is 0 Å². The number of nitrogens with zero attached hydrogens (tertiary/aromatic N) is 2. The number of methoxy groups -OCH3 is 1. The minimum absolute atomic E-state index is 0.203. The Kier molecular flexibility index (Phi) is 8.48. The molecule has 1 unspecified atom stereocenters. The van der Waals surface area contributed by atoms with Gasteiger partial charge in [-0.05, 0) is 33.0 Å². The summed E-state index contributed by atoms with van der Waals surface area (Å²) < 4.78 is 5.51. The van der Waals surface area contributed by atoms with Gasteiger partial charge in [0.05, 0.1) is 13.2 Å². The molecule has 5 heteroatoms. The Morgan fingerprint density at radius 3 is 2.48 bits per heavy atom. The predicted molar refractivity (Wildman–Crippen MR) is 98.2 cm³/mol. The van der Waals surface area contributed by atoms with Crippen LogP contribution in [0.1, 0.15) is 32.4 Å². The smallest absolute Gasteiger partial charge is 0.191 e. The van der Waals surface area contributed by atoms with Gasteiger partial charge in [-0.1, -0.05) is 32.0 Å². The first kappa shape index (κ1) is 19.3. The van der Waals surface area contributed by atoms with Crippen molar-refractivity contribution in [3.05, 3.63) is 29.8 Å². The summed E-state index contributed by atoms with van der Waals surface area (Å²) in [7, 11) is 5.88. The summed E-state index contributed by atoms with van der Waals surface area (Å²) in [5.74, 6) is 2.32. The maximum absolute atomic E-state index is 5.51. The lowest BCUT2D eigenvalue weighted by Crippen LogP contribution is -2.42. The molecule has 0 fully saturated rings. The number of benzene rings is 1. The molecule has 0 spiro atoms. The van der Waals surface area contributed by atoms with Gasteiger partial charge in [-0.3, -0.25) is 4.99 Å². The lowest BCUT2D eigenvalue weighted by molar-refractivity contribution is 0.287. The van der Waals surface area contributed by atoms with Crippen LogP contribution in [0.5, 0.6) is 5.75 Å². The summed E-state index contributed by atoms with van der Waals surface area (Å²) >= 11 is 0. The van der Waals surface area contributed by atoms with Crippen LogP contribution in [0.2, 0.25) is 0 Å². The van der Waals surface area contributed by atoms with Gasteiger partial charge in [-0.2, -0.15) is 0 Å². The molecule has 130 valence electrons. The zero-order valence-electron chi connectivity index (χ0n) is 15.4. The van der Waals surface area contributed by atoms with Crippen molar-refractivity contribution in [3.63, 3.8) is 0 Å². The summed E-state index contributed by atoms with van der Waals surface area (Å²) in [6, 6.07) is 8.37. The molecule has 0 aromatic heterocycles. The van der Waals surface area contributed by atoms with E-state index in [9.17, 15) is 0 Å². The molecule has 1 rings (SSSR count). The normalized spacial score (nSPS) is 13.3. The zero-order valence-corrected chi connectivity index (χ0v) is 15.4. The Labute approximate surface area is 141 Å². The number of rotatable bonds is 8. The maximum atomic E-state index is 5.51. The summed E-state index contributed by atoms with van der Waals surface area (Å²) in [5, 5.41) is 6.75. The number of hydrogen-bond donors (Lipinski definition) is 2. The second-order valence-corrected chi connectivity index (χ2v) is 6.22. The van der Waals surface area contributed by atoms with Crippen molar-refractivity contribution in [2.45, 2.75) is 26.8 Å². The molecule has 0 saturated heterocycles. The third-order valence-electron chi connectivity index (χ3n) is 3.54. The predicted octanol–water partition coefficient (Wildman–Crippen LogP) is 2.51. The van der Waals surface area contributed by atoms with Crippen LogP contribution < -0.4 is 15.4 Å². The highest BCUT2D eigenvalue weighted by Crippen LogP contribution is 2.27. The van der Waals surface area contributed by atoms with E-state index >= 15 is 0 Å². The van der Waals surface area contributed by atoms with Crippen LogP contribution in [0.3, 0.4) is 0 Å². The largest absolute Gasteiger partial charge is 0.496 e. The Bertz CT molecular complexity index is 486. The molecule has 2 N–H and O–H groups in total. The summed E-state index contributed by atoms with van der Waals surface area (Å²) in [5.41, 5.74) is 1.17. The molecule has 0 heterocycles. The van der Waals surface area contributed by atoms with Crippen LogP contribution in [0.25, 0.3) is 0 Å². The van der Waals surface area contributed by atoms with Gasteiger partial charge >= 0.3 is 0 Å². The Morgan fingerprint density at radius 1 is 1.22 bits per heavy atom. The highest BCUT2D eigenvalue weighted by atomic mass is 16.5. The van der Waals surface area contributed by atoms with Crippen molar-refractivity contribution in [1.29, 1.82) is 0 Å². The molecular weight excluding hydrogens is 288 g/mol. The van der Waals surface area contributed by atoms with E-state index in [1.54, 1.807) is 7.11 Å². The van der Waals surface area contributed by atoms with Gasteiger partial charge < -0.3 is 20.3 Å². The number of nitrogens with one attached hydrogen (secondary N) is 2. The molecule has 1 atom stereocenters. The highest BCUT2D eigenvalue weighted by Gasteiger charge is 2.18. The molecule has 5 nitrogen and oxygen atoms in total. The first-order valence-electron chi connectivity index (χ1n) is 8.31. The molecule has 0 amide bonds. The first-order valence-corrected chi connectivity index (χ1v) is 8.31. The van der Waals surface area contributed by atoms with Crippen LogP contribution in [-0.2, 0) is 0 Å². The van der Waals surface area contributed by atoms with Gasteiger partial charge in [0.25, 0.3) is 0 Å². The van der Waals surface area contributed by atoms with Gasteiger partial charge in [0.1, 0.15) is 5.75 Å². The molecular formula is C18H32N4O. The van der Waals surface area contributed by atoms with Crippen LogP contribution in [0.4, 0.5) is 0 Å². The summed E-state index contributed by atoms with van der Waals surface area (Å²) in [6.45, 7) is 8.85. The number of hydrogen-bond acceptors (Lipinski definition) is 3. The van der Waals surface area contributed by atoms with E-state index in [2.05, 4.69) is 61.5 Å². The van der Waals surface area contributed by atoms with Crippen molar-refractivity contribution >= 4 is 5.96 Å². The van der Waals surface area contributed by atoms with Crippen molar-refractivity contribution < 1.29 is 4.74 Å². The van der Waals surface area contributed by atoms with E-state index in [0.717, 1.165) is 31.3 Å². The van der Waals surface area contributed by atoms with E-state index in [0.29, 0.717) is 5.92 Å². The van der Waals surface area contributed by atoms with Gasteiger partial charge in [-0.15, -0.1) is 0 Å². The molecule has 0 radical (unpaired) electrons. The van der Waals surface area contributed by atoms with Crippen LogP contribution in [-0.4, -0.2) is 51.7 Å². The minimum atomic E-state index is 0.203. The number of ether oxygens (including phenoxy) is 1. The molecule has 0 bridgehead atoms. The van der Waals surface area contributed by atoms with Crippen molar-refractivity contribution in [2.24, 2.45) is 10.9 Å². The lowest BCUT2D eigenvalue weighted by atomic mass is 10.0. The fourth-order valence-corrected chi connectivity index (χ4v) is 2.32. The number of guanidine groups is 1. The minimum Gasteiger partial charge on any atom is -0.496 e. The zero-order chi connectivity index (χ0) is 17.2. The molecule has 0 saturated carbocycles. The average molecular weight is 320 g/mol. The van der Waals surface area contributed by atoms with E-state index in [-0.39, 0.29) is 6.04 Å². The fourth-order valence-electron chi connectivity index (χ4n) is 2.32. The fraction of sp³-hybridized carbons (Fsp3) is 0.611. The van der Waals surface area contributed by atoms with Crippen LogP contribution in [0, 0.1) is 5.92 Å². The first-order chi connectivity index (χ1) is 11.0. The van der Waals surface area contributed by atoms with Crippen LogP contribution >= 0.6 is 0 Å². The molecule has 1 aromatic carbocycles. The number of likely N-dealkylation sites (N-methyl/N-ethyl adjacent to an activating group) is 1. The number of para-hydroxylation sites is 1. The topological polar surface area (TPSA) is 48.9 Å². The highest BCUT2D eigenvalue weighted by molar-refractivity contribution is 5.79. The molecule has 0 aliphatic heterocycles. The average Bonchev–Trinajstić information content (AvgIpc) is 2.52.